The Morgan fingerprint density at radius 3 is 2.32 bits per heavy atom. The summed E-state index contributed by atoms with van der Waals surface area (Å²) in [6.45, 7) is 0.301. The number of hydrogen-bond donors (Lipinski definition) is 2. The van der Waals surface area contributed by atoms with Gasteiger partial charge in [-0.25, -0.2) is 8.78 Å². The van der Waals surface area contributed by atoms with Gasteiger partial charge in [-0.15, -0.1) is 0 Å². The highest BCUT2D eigenvalue weighted by molar-refractivity contribution is 5.88. The van der Waals surface area contributed by atoms with Crippen LogP contribution in [-0.4, -0.2) is 32.6 Å². The molecule has 0 aliphatic heterocycles. The number of ether oxygens (including phenoxy) is 2. The number of methoxy groups -OCH3 is 1. The van der Waals surface area contributed by atoms with Crippen molar-refractivity contribution in [3.8, 4) is 11.5 Å². The molecule has 150 valence electrons. The van der Waals surface area contributed by atoms with E-state index < -0.39 is 29.5 Å². The van der Waals surface area contributed by atoms with Gasteiger partial charge >= 0.3 is 0 Å². The van der Waals surface area contributed by atoms with Crippen molar-refractivity contribution in [3.63, 3.8) is 0 Å². The zero-order valence-electron chi connectivity index (χ0n) is 15.6. The van der Waals surface area contributed by atoms with Crippen molar-refractivity contribution in [2.24, 2.45) is 0 Å². The molecule has 2 aromatic rings. The first kappa shape index (κ1) is 21.1. The van der Waals surface area contributed by atoms with Gasteiger partial charge in [0.05, 0.1) is 13.7 Å². The number of benzene rings is 2. The van der Waals surface area contributed by atoms with Gasteiger partial charge in [-0.05, 0) is 48.4 Å². The first-order valence-corrected chi connectivity index (χ1v) is 8.67. The number of nitrogens with one attached hydrogen (secondary N) is 2. The average molecular weight is 392 g/mol. The van der Waals surface area contributed by atoms with E-state index in [0.29, 0.717) is 24.5 Å². The van der Waals surface area contributed by atoms with Gasteiger partial charge in [0, 0.05) is 13.5 Å². The van der Waals surface area contributed by atoms with Crippen LogP contribution in [0.1, 0.15) is 24.4 Å². The number of carbonyl (C=O) groups is 2. The predicted molar refractivity (Wildman–Crippen MR) is 99.0 cm³/mol. The Morgan fingerprint density at radius 1 is 1.04 bits per heavy atom. The van der Waals surface area contributed by atoms with E-state index in [1.54, 1.807) is 31.4 Å². The Bertz CT molecular complexity index is 812. The second-order valence-electron chi connectivity index (χ2n) is 5.92. The minimum Gasteiger partial charge on any atom is -0.497 e. The second kappa shape index (κ2) is 10.2. The van der Waals surface area contributed by atoms with Crippen LogP contribution in [0.3, 0.4) is 0 Å². The Hall–Kier alpha value is -3.16. The Balaban J connectivity index is 1.87. The molecule has 2 aromatic carbocycles. The fourth-order valence-corrected chi connectivity index (χ4v) is 2.46. The number of halogens is 2. The molecule has 0 aliphatic carbocycles. The average Bonchev–Trinajstić information content (AvgIpc) is 2.71. The highest BCUT2D eigenvalue weighted by Gasteiger charge is 2.22. The first-order valence-electron chi connectivity index (χ1n) is 8.67. The molecule has 0 aromatic heterocycles. The zero-order valence-corrected chi connectivity index (χ0v) is 15.6. The SMILES string of the molecule is CNC(=O)C(NC(=O)CCCOc1ccc(OC)cc1)c1ccc(F)c(F)c1. The van der Waals surface area contributed by atoms with E-state index in [1.807, 2.05) is 0 Å². The maximum absolute atomic E-state index is 13.5. The van der Waals surface area contributed by atoms with Gasteiger partial charge in [-0.2, -0.15) is 0 Å². The summed E-state index contributed by atoms with van der Waals surface area (Å²) in [4.78, 5) is 24.2. The number of amides is 2. The van der Waals surface area contributed by atoms with Crippen LogP contribution in [-0.2, 0) is 9.59 Å². The first-order chi connectivity index (χ1) is 13.4. The molecule has 0 spiro atoms. The lowest BCUT2D eigenvalue weighted by atomic mass is 10.1. The van der Waals surface area contributed by atoms with Crippen LogP contribution < -0.4 is 20.1 Å². The lowest BCUT2D eigenvalue weighted by molar-refractivity contribution is -0.129. The molecule has 8 heteroatoms. The van der Waals surface area contributed by atoms with E-state index in [-0.39, 0.29) is 12.0 Å². The molecule has 2 N–H and O–H groups in total. The van der Waals surface area contributed by atoms with Crippen LogP contribution in [0.2, 0.25) is 0 Å². The van der Waals surface area contributed by atoms with E-state index in [0.717, 1.165) is 12.1 Å². The standard InChI is InChI=1S/C20H22F2N2O4/c1-23-20(26)19(13-5-10-16(21)17(22)12-13)24-18(25)4-3-11-28-15-8-6-14(27-2)7-9-15/h5-10,12,19H,3-4,11H2,1-2H3,(H,23,26)(H,24,25). The van der Waals surface area contributed by atoms with Gasteiger partial charge in [0.2, 0.25) is 11.8 Å². The van der Waals surface area contributed by atoms with Crippen molar-refractivity contribution in [2.45, 2.75) is 18.9 Å². The minimum absolute atomic E-state index is 0.104. The summed E-state index contributed by atoms with van der Waals surface area (Å²) in [6, 6.07) is 8.97. The summed E-state index contributed by atoms with van der Waals surface area (Å²) in [7, 11) is 2.96. The van der Waals surface area contributed by atoms with Crippen LogP contribution in [0, 0.1) is 11.6 Å². The molecule has 6 nitrogen and oxygen atoms in total. The molecule has 0 bridgehead atoms. The van der Waals surface area contributed by atoms with E-state index in [9.17, 15) is 18.4 Å². The molecule has 0 fully saturated rings. The largest absolute Gasteiger partial charge is 0.497 e. The topological polar surface area (TPSA) is 76.7 Å². The summed E-state index contributed by atoms with van der Waals surface area (Å²) >= 11 is 0. The molecule has 0 saturated carbocycles. The fraction of sp³-hybridized carbons (Fsp3) is 0.300. The maximum Gasteiger partial charge on any atom is 0.246 e. The maximum atomic E-state index is 13.5. The highest BCUT2D eigenvalue weighted by Crippen LogP contribution is 2.18. The van der Waals surface area contributed by atoms with Crippen LogP contribution in [0.25, 0.3) is 0 Å². The Kier molecular flexibility index (Phi) is 7.74. The molecule has 1 unspecified atom stereocenters. The van der Waals surface area contributed by atoms with Crippen LogP contribution >= 0.6 is 0 Å². The van der Waals surface area contributed by atoms with Gasteiger partial charge in [-0.3, -0.25) is 9.59 Å². The minimum atomic E-state index is -1.12. The van der Waals surface area contributed by atoms with Crippen LogP contribution in [0.15, 0.2) is 42.5 Å². The lowest BCUT2D eigenvalue weighted by Gasteiger charge is -2.18. The van der Waals surface area contributed by atoms with Gasteiger partial charge in [0.25, 0.3) is 0 Å². The third-order valence-corrected chi connectivity index (χ3v) is 3.97. The monoisotopic (exact) mass is 392 g/mol. The highest BCUT2D eigenvalue weighted by atomic mass is 19.2. The predicted octanol–water partition coefficient (Wildman–Crippen LogP) is 2.74. The number of likely N-dealkylation sites (N-methyl/N-ethyl adjacent to an activating group) is 1. The Morgan fingerprint density at radius 2 is 1.71 bits per heavy atom. The Labute approximate surface area is 161 Å². The van der Waals surface area contributed by atoms with E-state index >= 15 is 0 Å². The van der Waals surface area contributed by atoms with Crippen molar-refractivity contribution in [1.29, 1.82) is 0 Å². The molecule has 2 rings (SSSR count). The van der Waals surface area contributed by atoms with Crippen LogP contribution in [0.4, 0.5) is 8.78 Å². The van der Waals surface area contributed by atoms with Crippen molar-refractivity contribution >= 4 is 11.8 Å². The quantitative estimate of drug-likeness (QED) is 0.644. The second-order valence-corrected chi connectivity index (χ2v) is 5.92. The third-order valence-electron chi connectivity index (χ3n) is 3.97. The molecule has 0 aliphatic rings. The van der Waals surface area contributed by atoms with Gasteiger partial charge in [-0.1, -0.05) is 6.07 Å². The summed E-state index contributed by atoms with van der Waals surface area (Å²) in [5.41, 5.74) is 0.154. The normalized spacial score (nSPS) is 11.4. The van der Waals surface area contributed by atoms with Crippen molar-refractivity contribution in [3.05, 3.63) is 59.7 Å². The van der Waals surface area contributed by atoms with E-state index in [4.69, 9.17) is 9.47 Å². The molecule has 28 heavy (non-hydrogen) atoms. The van der Waals surface area contributed by atoms with Gasteiger partial charge in [0.15, 0.2) is 11.6 Å². The third kappa shape index (κ3) is 5.94. The fourth-order valence-electron chi connectivity index (χ4n) is 2.46. The zero-order chi connectivity index (χ0) is 20.5. The summed E-state index contributed by atoms with van der Waals surface area (Å²) in [6.07, 6.45) is 0.517. The molecular formula is C20H22F2N2O4. The van der Waals surface area contributed by atoms with Crippen molar-refractivity contribution < 1.29 is 27.8 Å². The molecule has 0 saturated heterocycles. The smallest absolute Gasteiger partial charge is 0.246 e. The van der Waals surface area contributed by atoms with Crippen LogP contribution in [0.5, 0.6) is 11.5 Å². The van der Waals surface area contributed by atoms with Crippen molar-refractivity contribution in [1.82, 2.24) is 10.6 Å². The number of carbonyl (C=O) groups excluding carboxylic acids is 2. The molecular weight excluding hydrogens is 370 g/mol. The van der Waals surface area contributed by atoms with E-state index in [1.165, 1.54) is 13.1 Å². The summed E-state index contributed by atoms with van der Waals surface area (Å²) in [5.74, 6) is -1.70. The molecule has 1 atom stereocenters. The lowest BCUT2D eigenvalue weighted by Crippen LogP contribution is -2.39. The van der Waals surface area contributed by atoms with Gasteiger partial charge in [0.1, 0.15) is 17.5 Å². The molecule has 2 amide bonds. The van der Waals surface area contributed by atoms with Gasteiger partial charge < -0.3 is 20.1 Å². The number of hydrogen-bond acceptors (Lipinski definition) is 4. The molecule has 0 radical (unpaired) electrons. The van der Waals surface area contributed by atoms with E-state index in [2.05, 4.69) is 10.6 Å². The van der Waals surface area contributed by atoms with Crippen molar-refractivity contribution in [2.75, 3.05) is 20.8 Å². The number of rotatable bonds is 9. The molecule has 0 heterocycles. The summed E-state index contributed by atoms with van der Waals surface area (Å²) < 4.78 is 37.2. The summed E-state index contributed by atoms with van der Waals surface area (Å²) in [5, 5.41) is 4.93.